The highest BCUT2D eigenvalue weighted by Gasteiger charge is 2.23. The van der Waals surface area contributed by atoms with Gasteiger partial charge in [0.15, 0.2) is 0 Å². The van der Waals surface area contributed by atoms with E-state index >= 15 is 0 Å². The molecule has 1 aliphatic rings. The molecule has 3 aromatic rings. The molecule has 10 heteroatoms. The summed E-state index contributed by atoms with van der Waals surface area (Å²) in [4.78, 5) is 28.8. The molecule has 25 heavy (non-hydrogen) atoms. The number of carbonyl (C=O) groups is 1. The summed E-state index contributed by atoms with van der Waals surface area (Å²) >= 11 is 1.29. The van der Waals surface area contributed by atoms with Crippen LogP contribution in [-0.2, 0) is 17.8 Å². The van der Waals surface area contributed by atoms with Crippen LogP contribution in [0.1, 0.15) is 25.5 Å². The first-order valence-corrected chi connectivity index (χ1v) is 8.91. The monoisotopic (exact) mass is 359 g/mol. The van der Waals surface area contributed by atoms with Crippen LogP contribution in [0.3, 0.4) is 0 Å². The zero-order chi connectivity index (χ0) is 17.4. The molecule has 0 aliphatic heterocycles. The summed E-state index contributed by atoms with van der Waals surface area (Å²) in [6.45, 7) is 2.13. The van der Waals surface area contributed by atoms with E-state index in [2.05, 4.69) is 25.8 Å². The minimum Gasteiger partial charge on any atom is -0.352 e. The first kappa shape index (κ1) is 15.8. The Hall–Kier alpha value is -2.75. The highest BCUT2D eigenvalue weighted by molar-refractivity contribution is 7.20. The Morgan fingerprint density at radius 3 is 3.04 bits per heavy atom. The maximum atomic E-state index is 12.0. The highest BCUT2D eigenvalue weighted by atomic mass is 32.1. The van der Waals surface area contributed by atoms with Gasteiger partial charge in [-0.2, -0.15) is 9.61 Å². The van der Waals surface area contributed by atoms with E-state index in [9.17, 15) is 9.59 Å². The third-order valence-corrected chi connectivity index (χ3v) is 4.62. The molecule has 0 spiro atoms. The average molecular weight is 359 g/mol. The Balaban J connectivity index is 1.48. The first-order valence-electron chi connectivity index (χ1n) is 8.09. The normalized spacial score (nSPS) is 14.0. The topological polar surface area (TPSA) is 106 Å². The second kappa shape index (κ2) is 6.28. The average Bonchev–Trinajstić information content (AvgIpc) is 3.12. The molecule has 0 atom stereocenters. The van der Waals surface area contributed by atoms with Gasteiger partial charge in [0, 0.05) is 24.0 Å². The smallest absolute Gasteiger partial charge is 0.275 e. The van der Waals surface area contributed by atoms with E-state index in [1.807, 2.05) is 6.92 Å². The molecule has 0 unspecified atom stereocenters. The van der Waals surface area contributed by atoms with Crippen molar-refractivity contribution < 1.29 is 4.79 Å². The van der Waals surface area contributed by atoms with Gasteiger partial charge in [0.05, 0.1) is 11.9 Å². The van der Waals surface area contributed by atoms with E-state index in [1.165, 1.54) is 21.9 Å². The fourth-order valence-corrected chi connectivity index (χ4v) is 3.22. The van der Waals surface area contributed by atoms with E-state index in [1.54, 1.807) is 17.1 Å². The largest absolute Gasteiger partial charge is 0.352 e. The van der Waals surface area contributed by atoms with Crippen molar-refractivity contribution >= 4 is 33.0 Å². The molecule has 3 aromatic heterocycles. The van der Waals surface area contributed by atoms with Gasteiger partial charge in [0.2, 0.25) is 16.0 Å². The van der Waals surface area contributed by atoms with Gasteiger partial charge in [-0.25, -0.2) is 4.98 Å². The lowest BCUT2D eigenvalue weighted by Gasteiger charge is -2.02. The number of fused-ring (bicyclic) bond motifs is 1. The molecule has 9 nitrogen and oxygen atoms in total. The number of hydrogen-bond donors (Lipinski definition) is 2. The highest BCUT2D eigenvalue weighted by Crippen LogP contribution is 2.21. The molecule has 2 N–H and O–H groups in total. The lowest BCUT2D eigenvalue weighted by Crippen LogP contribution is -2.29. The second-order valence-electron chi connectivity index (χ2n) is 5.93. The third kappa shape index (κ3) is 3.53. The summed E-state index contributed by atoms with van der Waals surface area (Å²) in [5.74, 6) is -0.0417. The van der Waals surface area contributed by atoms with E-state index in [-0.39, 0.29) is 18.0 Å². The molecule has 3 heterocycles. The fraction of sp³-hybridized carbons (Fsp3) is 0.400. The Morgan fingerprint density at radius 2 is 2.28 bits per heavy atom. The number of anilines is 2. The maximum Gasteiger partial charge on any atom is 0.275 e. The van der Waals surface area contributed by atoms with Gasteiger partial charge in [0.1, 0.15) is 6.54 Å². The summed E-state index contributed by atoms with van der Waals surface area (Å²) < 4.78 is 2.84. The molecular weight excluding hydrogens is 342 g/mol. The van der Waals surface area contributed by atoms with Crippen LogP contribution in [0.5, 0.6) is 0 Å². The minimum absolute atomic E-state index is 0.0417. The summed E-state index contributed by atoms with van der Waals surface area (Å²) in [6.07, 6.45) is 6.16. The van der Waals surface area contributed by atoms with Crippen molar-refractivity contribution in [2.75, 3.05) is 5.32 Å². The summed E-state index contributed by atoms with van der Waals surface area (Å²) in [5, 5.41) is 15.0. The number of nitrogens with one attached hydrogen (secondary N) is 2. The molecule has 1 saturated carbocycles. The summed E-state index contributed by atoms with van der Waals surface area (Å²) in [5.41, 5.74) is 1.25. The van der Waals surface area contributed by atoms with Crippen LogP contribution in [0.4, 0.5) is 10.8 Å². The van der Waals surface area contributed by atoms with Gasteiger partial charge >= 0.3 is 0 Å². The molecule has 1 amide bonds. The van der Waals surface area contributed by atoms with Crippen LogP contribution in [-0.4, -0.2) is 36.3 Å². The zero-order valence-corrected chi connectivity index (χ0v) is 14.4. The quantitative estimate of drug-likeness (QED) is 0.678. The molecule has 4 rings (SSSR count). The molecule has 1 fully saturated rings. The maximum absolute atomic E-state index is 12.0. The van der Waals surface area contributed by atoms with Crippen molar-refractivity contribution in [2.45, 2.75) is 38.8 Å². The molecular formula is C15H17N7O2S. The van der Waals surface area contributed by atoms with E-state index in [0.717, 1.165) is 18.5 Å². The molecule has 0 aromatic carbocycles. The Morgan fingerprint density at radius 1 is 1.44 bits per heavy atom. The van der Waals surface area contributed by atoms with E-state index in [4.69, 9.17) is 0 Å². The van der Waals surface area contributed by atoms with Gasteiger partial charge < -0.3 is 10.6 Å². The van der Waals surface area contributed by atoms with E-state index < -0.39 is 0 Å². The standard InChI is InChI=1S/C15H17N7O2S/c1-2-9-5-13(24)22-15(19-9)25-14(20-22)18-11-6-16-21(7-11)8-12(23)17-10-3-4-10/h5-7,10H,2-4,8H2,1H3,(H,17,23)(H,18,20). The lowest BCUT2D eigenvalue weighted by atomic mass is 10.3. The van der Waals surface area contributed by atoms with Gasteiger partial charge in [-0.05, 0) is 19.3 Å². The van der Waals surface area contributed by atoms with Gasteiger partial charge in [-0.15, -0.1) is 5.10 Å². The fourth-order valence-electron chi connectivity index (χ4n) is 2.37. The van der Waals surface area contributed by atoms with Crippen LogP contribution >= 0.6 is 11.3 Å². The Bertz CT molecular complexity index is 985. The number of rotatable bonds is 6. The predicted octanol–water partition coefficient (Wildman–Crippen LogP) is 0.932. The third-order valence-electron chi connectivity index (χ3n) is 3.79. The minimum atomic E-state index is -0.196. The van der Waals surface area contributed by atoms with Crippen LogP contribution in [0.15, 0.2) is 23.3 Å². The summed E-state index contributed by atoms with van der Waals surface area (Å²) in [6, 6.07) is 1.83. The van der Waals surface area contributed by atoms with Gasteiger partial charge in [-0.1, -0.05) is 18.3 Å². The predicted molar refractivity (Wildman–Crippen MR) is 93.2 cm³/mol. The van der Waals surface area contributed by atoms with Crippen molar-refractivity contribution in [2.24, 2.45) is 0 Å². The number of aromatic nitrogens is 5. The van der Waals surface area contributed by atoms with Crippen LogP contribution in [0.25, 0.3) is 4.96 Å². The number of carbonyl (C=O) groups excluding carboxylic acids is 1. The van der Waals surface area contributed by atoms with Crippen molar-refractivity contribution in [3.05, 3.63) is 34.5 Å². The molecule has 0 radical (unpaired) electrons. The summed E-state index contributed by atoms with van der Waals surface area (Å²) in [7, 11) is 0. The van der Waals surface area contributed by atoms with Gasteiger partial charge in [-0.3, -0.25) is 14.3 Å². The SMILES string of the molecule is CCc1cc(=O)n2nc(Nc3cnn(CC(=O)NC4CC4)c3)sc2n1. The molecule has 1 aliphatic carbocycles. The lowest BCUT2D eigenvalue weighted by molar-refractivity contribution is -0.122. The number of amides is 1. The van der Waals surface area contributed by atoms with Crippen molar-refractivity contribution in [3.63, 3.8) is 0 Å². The van der Waals surface area contributed by atoms with Crippen molar-refractivity contribution in [1.82, 2.24) is 29.7 Å². The van der Waals surface area contributed by atoms with Crippen molar-refractivity contribution in [1.29, 1.82) is 0 Å². The zero-order valence-electron chi connectivity index (χ0n) is 13.6. The number of nitrogens with zero attached hydrogens (tertiary/aromatic N) is 5. The second-order valence-corrected chi connectivity index (χ2v) is 6.89. The van der Waals surface area contributed by atoms with E-state index in [0.29, 0.717) is 28.2 Å². The van der Waals surface area contributed by atoms with Crippen LogP contribution in [0, 0.1) is 0 Å². The van der Waals surface area contributed by atoms with Gasteiger partial charge in [0.25, 0.3) is 5.56 Å². The van der Waals surface area contributed by atoms with Crippen molar-refractivity contribution in [3.8, 4) is 0 Å². The van der Waals surface area contributed by atoms with Crippen LogP contribution < -0.4 is 16.2 Å². The van der Waals surface area contributed by atoms with Crippen LogP contribution in [0.2, 0.25) is 0 Å². The molecule has 130 valence electrons. The molecule has 0 bridgehead atoms. The number of hydrogen-bond acceptors (Lipinski definition) is 7. The molecule has 0 saturated heterocycles. The Kier molecular flexibility index (Phi) is 3.96. The first-order chi connectivity index (χ1) is 12.1. The Labute approximate surface area is 146 Å². The number of aryl methyl sites for hydroxylation is 1.